The molecule has 0 bridgehead atoms. The van der Waals surface area contributed by atoms with Gasteiger partial charge in [0, 0.05) is 11.1 Å². The number of rotatable bonds is 9. The van der Waals surface area contributed by atoms with Gasteiger partial charge in [-0.3, -0.25) is 14.4 Å². The summed E-state index contributed by atoms with van der Waals surface area (Å²) < 4.78 is 5.78. The Morgan fingerprint density at radius 1 is 0.800 bits per heavy atom. The molecule has 0 amide bonds. The average Bonchev–Trinajstić information content (AvgIpc) is 3.11. The molecule has 6 heteroatoms. The summed E-state index contributed by atoms with van der Waals surface area (Å²) in [5.41, 5.74) is 0.0589. The molecule has 0 saturated carbocycles. The molecule has 3 aromatic carbocycles. The fourth-order valence-corrected chi connectivity index (χ4v) is 4.99. The van der Waals surface area contributed by atoms with Gasteiger partial charge in [-0.1, -0.05) is 84.9 Å². The minimum atomic E-state index is -1.72. The van der Waals surface area contributed by atoms with E-state index in [4.69, 9.17) is 4.74 Å². The van der Waals surface area contributed by atoms with Crippen molar-refractivity contribution in [2.45, 2.75) is 25.2 Å². The highest BCUT2D eigenvalue weighted by atomic mass is 35.5. The van der Waals surface area contributed by atoms with Crippen molar-refractivity contribution in [3.05, 3.63) is 107 Å². The summed E-state index contributed by atoms with van der Waals surface area (Å²) in [4.78, 5) is 43.3. The Hall–Kier alpha value is -3.28. The van der Waals surface area contributed by atoms with E-state index in [0.717, 1.165) is 13.1 Å². The Labute approximate surface area is 212 Å². The van der Waals surface area contributed by atoms with Crippen molar-refractivity contribution in [2.75, 3.05) is 26.2 Å². The molecule has 0 aromatic heterocycles. The van der Waals surface area contributed by atoms with Gasteiger partial charge in [-0.25, -0.2) is 0 Å². The number of esters is 1. The van der Waals surface area contributed by atoms with Crippen LogP contribution in [0.4, 0.5) is 0 Å². The third-order valence-electron chi connectivity index (χ3n) is 6.86. The highest BCUT2D eigenvalue weighted by Gasteiger charge is 2.61. The largest absolute Gasteiger partial charge is 1.00 e. The molecule has 182 valence electrons. The maximum Gasteiger partial charge on any atom is 0.315 e. The van der Waals surface area contributed by atoms with Gasteiger partial charge in [0.1, 0.15) is 24.5 Å². The van der Waals surface area contributed by atoms with Crippen LogP contribution in [0.25, 0.3) is 0 Å². The number of hydrogen-bond donors (Lipinski definition) is 1. The van der Waals surface area contributed by atoms with Gasteiger partial charge in [-0.2, -0.15) is 0 Å². The first-order valence-corrected chi connectivity index (χ1v) is 11.8. The van der Waals surface area contributed by atoms with Crippen molar-refractivity contribution < 1.29 is 36.4 Å². The number of Topliss-reactive ketones (excluding diaryl/α,β-unsaturated/α-hetero) is 2. The number of ether oxygens (including phenoxy) is 1. The SMILES string of the molecule is CC[NH+](CC)CCOC(=O)C(c1ccccc1)C1(c2ccccc2)C(=O)c2ccccc2C1=O.[Cl-]. The Morgan fingerprint density at radius 3 is 1.80 bits per heavy atom. The van der Waals surface area contributed by atoms with Gasteiger partial charge >= 0.3 is 5.97 Å². The Balaban J connectivity index is 0.00000342. The molecular weight excluding hydrogens is 462 g/mol. The lowest BCUT2D eigenvalue weighted by Gasteiger charge is -2.34. The molecule has 0 saturated heterocycles. The van der Waals surface area contributed by atoms with Crippen LogP contribution in [0.3, 0.4) is 0 Å². The summed E-state index contributed by atoms with van der Waals surface area (Å²) in [6.07, 6.45) is 0. The highest BCUT2D eigenvalue weighted by molar-refractivity contribution is 6.35. The molecule has 5 nitrogen and oxygen atoms in total. The summed E-state index contributed by atoms with van der Waals surface area (Å²) in [7, 11) is 0. The smallest absolute Gasteiger partial charge is 0.315 e. The van der Waals surface area contributed by atoms with E-state index in [9.17, 15) is 14.4 Å². The van der Waals surface area contributed by atoms with E-state index < -0.39 is 17.3 Å². The van der Waals surface area contributed by atoms with E-state index in [1.165, 1.54) is 4.90 Å². The number of carbonyl (C=O) groups is 3. The number of halogens is 1. The molecule has 1 N–H and O–H groups in total. The summed E-state index contributed by atoms with van der Waals surface area (Å²) in [6.45, 7) is 6.92. The fraction of sp³-hybridized carbons (Fsp3) is 0.276. The van der Waals surface area contributed by atoms with Crippen molar-refractivity contribution >= 4 is 17.5 Å². The monoisotopic (exact) mass is 491 g/mol. The van der Waals surface area contributed by atoms with Crippen LogP contribution >= 0.6 is 0 Å². The molecule has 0 radical (unpaired) electrons. The molecule has 1 aliphatic rings. The zero-order valence-electron chi connectivity index (χ0n) is 20.0. The number of hydrogen-bond acceptors (Lipinski definition) is 4. The molecule has 0 fully saturated rings. The first-order chi connectivity index (χ1) is 16.6. The molecule has 0 spiro atoms. The third kappa shape index (κ3) is 4.66. The Bertz CT molecular complexity index is 1140. The summed E-state index contributed by atoms with van der Waals surface area (Å²) in [5, 5.41) is 0. The predicted octanol–water partition coefficient (Wildman–Crippen LogP) is 0.259. The van der Waals surface area contributed by atoms with E-state index >= 15 is 0 Å². The molecule has 1 atom stereocenters. The predicted molar refractivity (Wildman–Crippen MR) is 130 cm³/mol. The number of ketones is 2. The molecule has 1 aliphatic carbocycles. The highest BCUT2D eigenvalue weighted by Crippen LogP contribution is 2.49. The minimum Gasteiger partial charge on any atom is -1.00 e. The topological polar surface area (TPSA) is 64.9 Å². The van der Waals surface area contributed by atoms with Crippen LogP contribution in [0.5, 0.6) is 0 Å². The van der Waals surface area contributed by atoms with Crippen LogP contribution in [0.1, 0.15) is 51.6 Å². The maximum atomic E-state index is 14.1. The number of carbonyl (C=O) groups excluding carboxylic acids is 3. The lowest BCUT2D eigenvalue weighted by molar-refractivity contribution is -0.896. The molecule has 3 aromatic rings. The van der Waals surface area contributed by atoms with Gasteiger partial charge in [-0.05, 0) is 25.0 Å². The fourth-order valence-electron chi connectivity index (χ4n) is 4.99. The summed E-state index contributed by atoms with van der Waals surface area (Å²) >= 11 is 0. The average molecular weight is 492 g/mol. The van der Waals surface area contributed by atoms with E-state index in [1.807, 2.05) is 24.3 Å². The quantitative estimate of drug-likeness (QED) is 0.344. The maximum absolute atomic E-state index is 14.1. The first kappa shape index (κ1) is 26.3. The molecule has 35 heavy (non-hydrogen) atoms. The molecule has 0 aliphatic heterocycles. The normalized spacial score (nSPS) is 14.8. The molecule has 1 unspecified atom stereocenters. The Kier molecular flexibility index (Phi) is 8.60. The van der Waals surface area contributed by atoms with Crippen molar-refractivity contribution in [2.24, 2.45) is 0 Å². The number of likely N-dealkylation sites (N-methyl/N-ethyl adjacent to an activating group) is 1. The number of nitrogens with one attached hydrogen (secondary N) is 1. The number of benzene rings is 3. The summed E-state index contributed by atoms with van der Waals surface area (Å²) in [5.74, 6) is -2.38. The van der Waals surface area contributed by atoms with Crippen molar-refractivity contribution in [3.63, 3.8) is 0 Å². The second-order valence-corrected chi connectivity index (χ2v) is 8.60. The van der Waals surface area contributed by atoms with E-state index in [2.05, 4.69) is 13.8 Å². The van der Waals surface area contributed by atoms with Crippen molar-refractivity contribution in [3.8, 4) is 0 Å². The minimum absolute atomic E-state index is 0. The van der Waals surface area contributed by atoms with Gasteiger partial charge in [0.2, 0.25) is 0 Å². The van der Waals surface area contributed by atoms with E-state index in [0.29, 0.717) is 28.8 Å². The molecular formula is C29H30ClNO4. The zero-order chi connectivity index (χ0) is 24.1. The number of quaternary nitrogens is 1. The van der Waals surface area contributed by atoms with Crippen LogP contribution in [-0.4, -0.2) is 43.8 Å². The first-order valence-electron chi connectivity index (χ1n) is 11.8. The lowest BCUT2D eigenvalue weighted by Crippen LogP contribution is -3.11. The van der Waals surface area contributed by atoms with Crippen molar-refractivity contribution in [1.29, 1.82) is 0 Å². The lowest BCUT2D eigenvalue weighted by atomic mass is 9.64. The van der Waals surface area contributed by atoms with E-state index in [1.54, 1.807) is 60.7 Å². The third-order valence-corrected chi connectivity index (χ3v) is 6.86. The molecule has 4 rings (SSSR count). The standard InChI is InChI=1S/C29H29NO4.ClH/c1-3-30(4-2)19-20-34-28(33)25(21-13-7-5-8-14-21)29(22-15-9-6-10-16-22)26(31)23-17-11-12-18-24(23)27(29)32;/h5-18,25H,3-4,19-20H2,1-2H3;1H. The van der Waals surface area contributed by atoms with Crippen LogP contribution in [-0.2, 0) is 14.9 Å². The molecule has 0 heterocycles. The second-order valence-electron chi connectivity index (χ2n) is 8.60. The number of fused-ring (bicyclic) bond motifs is 1. The van der Waals surface area contributed by atoms with Crippen LogP contribution in [0, 0.1) is 0 Å². The Morgan fingerprint density at radius 2 is 1.29 bits per heavy atom. The summed E-state index contributed by atoms with van der Waals surface area (Å²) in [6, 6.07) is 24.8. The second kappa shape index (κ2) is 11.4. The van der Waals surface area contributed by atoms with Gasteiger partial charge in [-0.15, -0.1) is 0 Å². The van der Waals surface area contributed by atoms with Crippen molar-refractivity contribution in [1.82, 2.24) is 0 Å². The zero-order valence-corrected chi connectivity index (χ0v) is 20.8. The van der Waals surface area contributed by atoms with Gasteiger partial charge in [0.25, 0.3) is 0 Å². The van der Waals surface area contributed by atoms with Crippen LogP contribution < -0.4 is 17.3 Å². The van der Waals surface area contributed by atoms with E-state index in [-0.39, 0.29) is 30.6 Å². The van der Waals surface area contributed by atoms with Gasteiger partial charge < -0.3 is 22.0 Å². The van der Waals surface area contributed by atoms with Crippen LogP contribution in [0.2, 0.25) is 0 Å². The van der Waals surface area contributed by atoms with Gasteiger partial charge in [0.15, 0.2) is 11.6 Å². The van der Waals surface area contributed by atoms with Crippen LogP contribution in [0.15, 0.2) is 84.9 Å². The van der Waals surface area contributed by atoms with Gasteiger partial charge in [0.05, 0.1) is 13.1 Å².